The van der Waals surface area contributed by atoms with E-state index in [4.69, 9.17) is 0 Å². The summed E-state index contributed by atoms with van der Waals surface area (Å²) in [6, 6.07) is 39.6. The standard InChI is InChI=1S/C34H30/c1-23-21-33(25(3)19-31(23)27-13-7-5-8-14-27)29-17-11-12-18-30(29)34-22-24(2)32(20-26(34)4)28-15-9-6-10-16-28/h5-22H,1-4H3. The van der Waals surface area contributed by atoms with Crippen molar-refractivity contribution in [2.75, 3.05) is 0 Å². The van der Waals surface area contributed by atoms with E-state index in [1.54, 1.807) is 0 Å². The molecule has 0 heterocycles. The van der Waals surface area contributed by atoms with Gasteiger partial charge < -0.3 is 0 Å². The molecule has 34 heavy (non-hydrogen) atoms. The minimum atomic E-state index is 1.27. The Hall–Kier alpha value is -3.90. The summed E-state index contributed by atoms with van der Waals surface area (Å²) in [5.74, 6) is 0. The average molecular weight is 439 g/mol. The molecule has 5 aromatic carbocycles. The lowest BCUT2D eigenvalue weighted by molar-refractivity contribution is 1.37. The van der Waals surface area contributed by atoms with E-state index in [2.05, 4.69) is 137 Å². The number of benzene rings is 5. The van der Waals surface area contributed by atoms with Crippen molar-refractivity contribution in [3.63, 3.8) is 0 Å². The van der Waals surface area contributed by atoms with Gasteiger partial charge in [-0.3, -0.25) is 0 Å². The van der Waals surface area contributed by atoms with Crippen molar-refractivity contribution in [3.8, 4) is 44.5 Å². The lowest BCUT2D eigenvalue weighted by atomic mass is 9.86. The third kappa shape index (κ3) is 4.08. The zero-order chi connectivity index (χ0) is 23.7. The highest BCUT2D eigenvalue weighted by atomic mass is 14.2. The minimum Gasteiger partial charge on any atom is -0.0622 e. The summed E-state index contributed by atoms with van der Waals surface area (Å²) in [6.45, 7) is 8.90. The van der Waals surface area contributed by atoms with Gasteiger partial charge in [-0.25, -0.2) is 0 Å². The highest BCUT2D eigenvalue weighted by Crippen LogP contribution is 2.39. The van der Waals surface area contributed by atoms with Crippen LogP contribution in [0.3, 0.4) is 0 Å². The second-order valence-electron chi connectivity index (χ2n) is 9.24. The average Bonchev–Trinajstić information content (AvgIpc) is 2.87. The highest BCUT2D eigenvalue weighted by Gasteiger charge is 2.15. The van der Waals surface area contributed by atoms with E-state index in [1.807, 2.05) is 0 Å². The third-order valence-corrected chi connectivity index (χ3v) is 6.82. The Kier molecular flexibility index (Phi) is 5.90. The lowest BCUT2D eigenvalue weighted by Crippen LogP contribution is -1.95. The first-order chi connectivity index (χ1) is 16.5. The molecule has 0 aliphatic heterocycles. The summed E-state index contributed by atoms with van der Waals surface area (Å²) in [7, 11) is 0. The zero-order valence-corrected chi connectivity index (χ0v) is 20.4. The van der Waals surface area contributed by atoms with Gasteiger partial charge in [0, 0.05) is 0 Å². The van der Waals surface area contributed by atoms with Crippen molar-refractivity contribution in [3.05, 3.63) is 131 Å². The Morgan fingerprint density at radius 3 is 0.971 bits per heavy atom. The Bertz CT molecular complexity index is 1340. The van der Waals surface area contributed by atoms with E-state index in [0.29, 0.717) is 0 Å². The molecule has 0 heteroatoms. The molecule has 0 amide bonds. The Labute approximate surface area is 203 Å². The van der Waals surface area contributed by atoms with Gasteiger partial charge in [0.2, 0.25) is 0 Å². The molecule has 0 bridgehead atoms. The number of hydrogen-bond donors (Lipinski definition) is 0. The minimum absolute atomic E-state index is 1.27. The monoisotopic (exact) mass is 438 g/mol. The normalized spacial score (nSPS) is 10.9. The molecule has 0 N–H and O–H groups in total. The molecule has 5 aromatic rings. The van der Waals surface area contributed by atoms with Crippen LogP contribution in [0.2, 0.25) is 0 Å². The van der Waals surface area contributed by atoms with Gasteiger partial charge in [0.05, 0.1) is 0 Å². The summed E-state index contributed by atoms with van der Waals surface area (Å²) in [5.41, 5.74) is 15.5. The molecule has 0 aromatic heterocycles. The van der Waals surface area contributed by atoms with Crippen molar-refractivity contribution in [1.82, 2.24) is 0 Å². The maximum Gasteiger partial charge on any atom is -0.0103 e. The SMILES string of the molecule is Cc1cc(-c2ccccc2-c2cc(C)c(-c3ccccc3)cc2C)c(C)cc1-c1ccccc1. The van der Waals surface area contributed by atoms with Gasteiger partial charge in [-0.05, 0) is 94.5 Å². The fraction of sp³-hybridized carbons (Fsp3) is 0.118. The first-order valence-electron chi connectivity index (χ1n) is 12.0. The van der Waals surface area contributed by atoms with Crippen LogP contribution in [-0.4, -0.2) is 0 Å². The second kappa shape index (κ2) is 9.15. The molecular formula is C34H30. The van der Waals surface area contributed by atoms with Crippen molar-refractivity contribution in [2.24, 2.45) is 0 Å². The molecule has 0 aliphatic carbocycles. The van der Waals surface area contributed by atoms with Gasteiger partial charge in [0.15, 0.2) is 0 Å². The van der Waals surface area contributed by atoms with Gasteiger partial charge in [-0.15, -0.1) is 0 Å². The van der Waals surface area contributed by atoms with Gasteiger partial charge in [-0.2, -0.15) is 0 Å². The number of rotatable bonds is 4. The summed E-state index contributed by atoms with van der Waals surface area (Å²) in [4.78, 5) is 0. The smallest absolute Gasteiger partial charge is 0.0103 e. The van der Waals surface area contributed by atoms with Crippen LogP contribution in [0.15, 0.2) is 109 Å². The summed E-state index contributed by atoms with van der Waals surface area (Å²) >= 11 is 0. The van der Waals surface area contributed by atoms with Crippen LogP contribution >= 0.6 is 0 Å². The fourth-order valence-electron chi connectivity index (χ4n) is 5.02. The fourth-order valence-corrected chi connectivity index (χ4v) is 5.02. The van der Waals surface area contributed by atoms with E-state index in [9.17, 15) is 0 Å². The maximum absolute atomic E-state index is 2.36. The maximum atomic E-state index is 2.36. The van der Waals surface area contributed by atoms with E-state index < -0.39 is 0 Å². The van der Waals surface area contributed by atoms with Gasteiger partial charge in [0.25, 0.3) is 0 Å². The van der Waals surface area contributed by atoms with Crippen molar-refractivity contribution in [2.45, 2.75) is 27.7 Å². The predicted octanol–water partition coefficient (Wildman–Crippen LogP) is 9.59. The summed E-state index contributed by atoms with van der Waals surface area (Å²) < 4.78 is 0. The quantitative estimate of drug-likeness (QED) is 0.262. The van der Waals surface area contributed by atoms with E-state index in [-0.39, 0.29) is 0 Å². The zero-order valence-electron chi connectivity index (χ0n) is 20.4. The molecule has 0 atom stereocenters. The van der Waals surface area contributed by atoms with Crippen molar-refractivity contribution >= 4 is 0 Å². The topological polar surface area (TPSA) is 0 Å². The van der Waals surface area contributed by atoms with Crippen LogP contribution in [0.1, 0.15) is 22.3 Å². The molecule has 0 saturated heterocycles. The molecule has 5 rings (SSSR count). The van der Waals surface area contributed by atoms with Crippen LogP contribution in [0.5, 0.6) is 0 Å². The molecule has 166 valence electrons. The van der Waals surface area contributed by atoms with Crippen molar-refractivity contribution < 1.29 is 0 Å². The number of hydrogen-bond acceptors (Lipinski definition) is 0. The molecule has 0 aliphatic rings. The molecular weight excluding hydrogens is 408 g/mol. The first kappa shape index (κ1) is 21.9. The molecule has 0 unspecified atom stereocenters. The molecule has 0 nitrogen and oxygen atoms in total. The predicted molar refractivity (Wildman–Crippen MR) is 147 cm³/mol. The number of aryl methyl sites for hydroxylation is 4. The first-order valence-corrected chi connectivity index (χ1v) is 12.0. The molecule has 0 spiro atoms. The molecule has 0 fully saturated rings. The summed E-state index contributed by atoms with van der Waals surface area (Å²) in [5, 5.41) is 0. The van der Waals surface area contributed by atoms with Crippen LogP contribution in [0.25, 0.3) is 44.5 Å². The largest absolute Gasteiger partial charge is 0.0622 e. The Morgan fingerprint density at radius 2 is 0.588 bits per heavy atom. The van der Waals surface area contributed by atoms with E-state index in [0.717, 1.165) is 0 Å². The van der Waals surface area contributed by atoms with Gasteiger partial charge in [0.1, 0.15) is 0 Å². The van der Waals surface area contributed by atoms with Gasteiger partial charge in [-0.1, -0.05) is 109 Å². The van der Waals surface area contributed by atoms with Crippen LogP contribution in [0.4, 0.5) is 0 Å². The lowest BCUT2D eigenvalue weighted by Gasteiger charge is -2.18. The van der Waals surface area contributed by atoms with Gasteiger partial charge >= 0.3 is 0 Å². The Morgan fingerprint density at radius 1 is 0.294 bits per heavy atom. The molecule has 0 saturated carbocycles. The highest BCUT2D eigenvalue weighted by molar-refractivity contribution is 5.89. The second-order valence-corrected chi connectivity index (χ2v) is 9.24. The van der Waals surface area contributed by atoms with Crippen LogP contribution in [0, 0.1) is 27.7 Å². The molecule has 0 radical (unpaired) electrons. The van der Waals surface area contributed by atoms with Crippen LogP contribution < -0.4 is 0 Å². The van der Waals surface area contributed by atoms with E-state index >= 15 is 0 Å². The Balaban J connectivity index is 1.63. The van der Waals surface area contributed by atoms with Crippen molar-refractivity contribution in [1.29, 1.82) is 0 Å². The van der Waals surface area contributed by atoms with E-state index in [1.165, 1.54) is 66.8 Å². The third-order valence-electron chi connectivity index (χ3n) is 6.82. The van der Waals surface area contributed by atoms with Crippen LogP contribution in [-0.2, 0) is 0 Å². The summed E-state index contributed by atoms with van der Waals surface area (Å²) in [6.07, 6.45) is 0.